The van der Waals surface area contributed by atoms with Gasteiger partial charge in [-0.15, -0.1) is 10.2 Å². The van der Waals surface area contributed by atoms with Crippen molar-refractivity contribution in [2.75, 3.05) is 101 Å². The number of benzene rings is 4. The second-order valence-corrected chi connectivity index (χ2v) is 16.9. The molecule has 2 fully saturated rings. The van der Waals surface area contributed by atoms with Gasteiger partial charge in [0.15, 0.2) is 0 Å². The molecule has 0 saturated carbocycles. The van der Waals surface area contributed by atoms with Crippen LogP contribution in [0.15, 0.2) is 134 Å². The molecular formula is C50H54N12O2. The van der Waals surface area contributed by atoms with Crippen LogP contribution in [0.3, 0.4) is 0 Å². The van der Waals surface area contributed by atoms with Crippen molar-refractivity contribution >= 4 is 45.7 Å². The van der Waals surface area contributed by atoms with Gasteiger partial charge in [0.1, 0.15) is 0 Å². The maximum atomic E-state index is 5.69. The van der Waals surface area contributed by atoms with Gasteiger partial charge in [0.25, 0.3) is 11.9 Å². The number of anilines is 6. The predicted octanol–water partition coefficient (Wildman–Crippen LogP) is 7.79. The van der Waals surface area contributed by atoms with Gasteiger partial charge in [-0.3, -0.25) is 0 Å². The number of aromatic nitrogens is 6. The summed E-state index contributed by atoms with van der Waals surface area (Å²) in [4.78, 5) is 19.3. The number of fused-ring (bicyclic) bond motifs is 2. The molecule has 326 valence electrons. The first-order chi connectivity index (χ1) is 31.4. The zero-order valence-corrected chi connectivity index (χ0v) is 37.0. The Hall–Kier alpha value is -6.84. The third-order valence-electron chi connectivity index (χ3n) is 11.9. The molecule has 0 amide bonds. The standard InChI is InChI=1S/C50H54N12O2/c1-55(2)35-37-9-5-7-11-45(37)47-23-21-43-33-51-49(53-59(43)47)61(41-17-13-39(14-18-41)57-25-29-63-30-26-57)62(42-19-15-40(16-20-42)58-27-31-64-32-28-58)50-52-34-44-22-24-48(60(44)54-50)46-12-8-6-10-38(46)36-56(3)4/h5-24,33-34H,25-32,35-36H2,1-4H3. The summed E-state index contributed by atoms with van der Waals surface area (Å²) in [6.07, 6.45) is 3.79. The van der Waals surface area contributed by atoms with Crippen LogP contribution in [0.1, 0.15) is 11.1 Å². The average Bonchev–Trinajstić information content (AvgIpc) is 3.95. The minimum absolute atomic E-state index is 0.444. The van der Waals surface area contributed by atoms with Gasteiger partial charge in [-0.1, -0.05) is 48.5 Å². The van der Waals surface area contributed by atoms with Crippen LogP contribution >= 0.6 is 0 Å². The van der Waals surface area contributed by atoms with Crippen molar-refractivity contribution in [2.45, 2.75) is 13.1 Å². The van der Waals surface area contributed by atoms with E-state index in [1.54, 1.807) is 0 Å². The van der Waals surface area contributed by atoms with Crippen molar-refractivity contribution < 1.29 is 9.47 Å². The van der Waals surface area contributed by atoms with Gasteiger partial charge in [-0.2, -0.15) is 0 Å². The molecule has 8 aromatic rings. The molecule has 64 heavy (non-hydrogen) atoms. The molecule has 0 radical (unpaired) electrons. The van der Waals surface area contributed by atoms with E-state index < -0.39 is 0 Å². The highest BCUT2D eigenvalue weighted by atomic mass is 16.5. The van der Waals surface area contributed by atoms with E-state index in [-0.39, 0.29) is 0 Å². The van der Waals surface area contributed by atoms with Crippen LogP contribution in [0, 0.1) is 0 Å². The molecule has 2 aliphatic heterocycles. The third-order valence-corrected chi connectivity index (χ3v) is 11.9. The molecule has 4 aromatic heterocycles. The number of ether oxygens (including phenoxy) is 2. The number of rotatable bonds is 13. The fourth-order valence-electron chi connectivity index (χ4n) is 8.78. The summed E-state index contributed by atoms with van der Waals surface area (Å²) in [5.74, 6) is 0.887. The summed E-state index contributed by atoms with van der Waals surface area (Å²) in [5.41, 5.74) is 12.3. The second kappa shape index (κ2) is 18.1. The topological polar surface area (TPSA) is 98.3 Å². The summed E-state index contributed by atoms with van der Waals surface area (Å²) in [6.45, 7) is 7.72. The SMILES string of the molecule is CN(C)Cc1ccccc1-c1ccc2cnc(N(c3ccc(N4CCOCC4)cc3)N(c3ccc(N4CCOCC4)cc3)c3ncc4ccc(-c5ccccc5CN(C)C)n4n3)nn12. The largest absolute Gasteiger partial charge is 0.378 e. The molecule has 4 aromatic carbocycles. The Kier molecular flexibility index (Phi) is 11.6. The van der Waals surface area contributed by atoms with Gasteiger partial charge in [-0.25, -0.2) is 29.0 Å². The van der Waals surface area contributed by atoms with E-state index in [0.29, 0.717) is 38.3 Å². The molecule has 0 spiro atoms. The van der Waals surface area contributed by atoms with E-state index in [4.69, 9.17) is 29.6 Å². The van der Waals surface area contributed by atoms with Crippen molar-refractivity contribution in [2.24, 2.45) is 0 Å². The van der Waals surface area contributed by atoms with Crippen LogP contribution in [-0.2, 0) is 22.6 Å². The third kappa shape index (κ3) is 8.36. The number of morpholine rings is 2. The molecule has 10 rings (SSSR count). The van der Waals surface area contributed by atoms with E-state index in [9.17, 15) is 0 Å². The minimum Gasteiger partial charge on any atom is -0.378 e. The summed E-state index contributed by atoms with van der Waals surface area (Å²) >= 11 is 0. The van der Waals surface area contributed by atoms with E-state index in [2.05, 4.69) is 169 Å². The Bertz CT molecular complexity index is 2650. The van der Waals surface area contributed by atoms with Crippen molar-refractivity contribution in [3.63, 3.8) is 0 Å². The van der Waals surface area contributed by atoms with Gasteiger partial charge in [0, 0.05) is 61.8 Å². The molecule has 14 heteroatoms. The lowest BCUT2D eigenvalue weighted by atomic mass is 10.0. The zero-order chi connectivity index (χ0) is 43.6. The molecule has 2 aliphatic rings. The van der Waals surface area contributed by atoms with Gasteiger partial charge in [0.05, 0.1) is 72.6 Å². The lowest BCUT2D eigenvalue weighted by Gasteiger charge is -2.35. The molecule has 0 atom stereocenters. The Labute approximate surface area is 374 Å². The van der Waals surface area contributed by atoms with Crippen molar-refractivity contribution in [1.29, 1.82) is 0 Å². The van der Waals surface area contributed by atoms with Gasteiger partial charge in [-0.05, 0) is 112 Å². The molecule has 2 saturated heterocycles. The Morgan fingerprint density at radius 3 is 1.25 bits per heavy atom. The summed E-state index contributed by atoms with van der Waals surface area (Å²) in [7, 11) is 8.37. The first-order valence-corrected chi connectivity index (χ1v) is 22.0. The Balaban J connectivity index is 1.17. The average molecular weight is 855 g/mol. The summed E-state index contributed by atoms with van der Waals surface area (Å²) in [6, 6.07) is 42.7. The lowest BCUT2D eigenvalue weighted by Crippen LogP contribution is -2.39. The molecule has 0 bridgehead atoms. The Morgan fingerprint density at radius 2 is 0.859 bits per heavy atom. The lowest BCUT2D eigenvalue weighted by molar-refractivity contribution is 0.122. The fourth-order valence-corrected chi connectivity index (χ4v) is 8.78. The van der Waals surface area contributed by atoms with Gasteiger partial charge < -0.3 is 29.1 Å². The maximum absolute atomic E-state index is 5.69. The zero-order valence-electron chi connectivity index (χ0n) is 37.0. The fraction of sp³-hybridized carbons (Fsp3) is 0.280. The summed E-state index contributed by atoms with van der Waals surface area (Å²) in [5, 5.41) is 14.9. The highest BCUT2D eigenvalue weighted by Gasteiger charge is 2.29. The van der Waals surface area contributed by atoms with Crippen LogP contribution in [0.2, 0.25) is 0 Å². The molecule has 0 unspecified atom stereocenters. The number of hydrogen-bond acceptors (Lipinski definition) is 12. The second-order valence-electron chi connectivity index (χ2n) is 16.9. The van der Waals surface area contributed by atoms with E-state index >= 15 is 0 Å². The number of hydrogen-bond donors (Lipinski definition) is 0. The van der Waals surface area contributed by atoms with Crippen molar-refractivity contribution in [3.8, 4) is 22.5 Å². The predicted molar refractivity (Wildman–Crippen MR) is 255 cm³/mol. The molecular weight excluding hydrogens is 801 g/mol. The normalized spacial score (nSPS) is 14.6. The molecule has 0 aliphatic carbocycles. The van der Waals surface area contributed by atoms with E-state index in [1.807, 2.05) is 31.4 Å². The van der Waals surface area contributed by atoms with Crippen LogP contribution in [0.5, 0.6) is 0 Å². The van der Waals surface area contributed by atoms with Crippen molar-refractivity contribution in [3.05, 3.63) is 145 Å². The van der Waals surface area contributed by atoms with Crippen LogP contribution < -0.4 is 19.8 Å². The number of hydrazine groups is 1. The minimum atomic E-state index is 0.444. The molecule has 6 heterocycles. The van der Waals surface area contributed by atoms with Crippen LogP contribution in [0.25, 0.3) is 33.5 Å². The quantitative estimate of drug-likeness (QED) is 0.106. The highest BCUT2D eigenvalue weighted by Crippen LogP contribution is 2.37. The van der Waals surface area contributed by atoms with Gasteiger partial charge >= 0.3 is 0 Å². The van der Waals surface area contributed by atoms with Crippen molar-refractivity contribution in [1.82, 2.24) is 39.0 Å². The van der Waals surface area contributed by atoms with Crippen LogP contribution in [0.4, 0.5) is 34.6 Å². The Morgan fingerprint density at radius 1 is 0.469 bits per heavy atom. The maximum Gasteiger partial charge on any atom is 0.267 e. The van der Waals surface area contributed by atoms with Gasteiger partial charge in [0.2, 0.25) is 0 Å². The monoisotopic (exact) mass is 854 g/mol. The first-order valence-electron chi connectivity index (χ1n) is 22.0. The first kappa shape index (κ1) is 41.2. The summed E-state index contributed by atoms with van der Waals surface area (Å²) < 4.78 is 15.4. The van der Waals surface area contributed by atoms with Crippen LogP contribution in [-0.4, -0.2) is 120 Å². The molecule has 0 N–H and O–H groups in total. The molecule has 14 nitrogen and oxygen atoms in total. The number of nitrogens with zero attached hydrogens (tertiary/aromatic N) is 12. The van der Waals surface area contributed by atoms with E-state index in [1.165, 1.54) is 11.1 Å². The van der Waals surface area contributed by atoms with E-state index in [0.717, 1.165) is 95.6 Å². The smallest absolute Gasteiger partial charge is 0.267 e. The highest BCUT2D eigenvalue weighted by molar-refractivity contribution is 5.76.